The van der Waals surface area contributed by atoms with E-state index in [-0.39, 0.29) is 5.56 Å². The molecular weight excluding hydrogens is 264 g/mol. The predicted molar refractivity (Wildman–Crippen MR) is 83.2 cm³/mol. The summed E-state index contributed by atoms with van der Waals surface area (Å²) < 4.78 is 0. The Kier molecular flexibility index (Phi) is 3.28. The average molecular weight is 278 g/mol. The summed E-state index contributed by atoms with van der Waals surface area (Å²) in [4.78, 5) is 15.8. The molecule has 0 aliphatic heterocycles. The van der Waals surface area contributed by atoms with Gasteiger partial charge in [0, 0.05) is 16.8 Å². The molecule has 1 aromatic heterocycles. The molecule has 0 saturated carbocycles. The number of nitrogens with one attached hydrogen (secondary N) is 1. The summed E-state index contributed by atoms with van der Waals surface area (Å²) in [6, 6.07) is 16.6. The molecule has 104 valence electrons. The zero-order valence-corrected chi connectivity index (χ0v) is 11.5. The van der Waals surface area contributed by atoms with E-state index in [1.807, 2.05) is 43.3 Å². The summed E-state index contributed by atoms with van der Waals surface area (Å²) in [7, 11) is 0. The van der Waals surface area contributed by atoms with E-state index in [0.29, 0.717) is 5.69 Å². The van der Waals surface area contributed by atoms with Crippen molar-refractivity contribution in [2.45, 2.75) is 6.92 Å². The molecule has 0 aliphatic rings. The number of aromatic nitrogens is 1. The fraction of sp³-hybridized carbons (Fsp3) is 0.0588. The minimum absolute atomic E-state index is 0.246. The standard InChI is InChI=1S/C17H14N2O2/c1-11-10-16(12-6-2-4-8-14(12)18-11)19-15-9-5-3-7-13(15)17(20)21/h2-10H,1H3,(H,18,19)(H,20,21). The molecule has 0 saturated heterocycles. The number of carbonyl (C=O) groups is 1. The number of nitrogens with zero attached hydrogens (tertiary/aromatic N) is 1. The maximum atomic E-state index is 11.3. The Hall–Kier alpha value is -2.88. The largest absolute Gasteiger partial charge is 0.478 e. The summed E-state index contributed by atoms with van der Waals surface area (Å²) >= 11 is 0. The molecule has 3 aromatic rings. The average Bonchev–Trinajstić information content (AvgIpc) is 2.47. The second-order valence-electron chi connectivity index (χ2n) is 4.80. The van der Waals surface area contributed by atoms with Gasteiger partial charge in [0.1, 0.15) is 0 Å². The molecule has 0 fully saturated rings. The number of aryl methyl sites for hydroxylation is 1. The number of hydrogen-bond acceptors (Lipinski definition) is 3. The van der Waals surface area contributed by atoms with Crippen molar-refractivity contribution < 1.29 is 9.90 Å². The summed E-state index contributed by atoms with van der Waals surface area (Å²) in [6.45, 7) is 1.92. The van der Waals surface area contributed by atoms with Gasteiger partial charge in [-0.15, -0.1) is 0 Å². The molecule has 21 heavy (non-hydrogen) atoms. The van der Waals surface area contributed by atoms with Gasteiger partial charge in [-0.1, -0.05) is 30.3 Å². The van der Waals surface area contributed by atoms with Crippen LogP contribution in [-0.4, -0.2) is 16.1 Å². The Bertz CT molecular complexity index is 828. The maximum Gasteiger partial charge on any atom is 0.337 e. The molecule has 1 heterocycles. The van der Waals surface area contributed by atoms with Crippen LogP contribution in [-0.2, 0) is 0 Å². The first-order chi connectivity index (χ1) is 10.1. The Labute approximate surface area is 122 Å². The van der Waals surface area contributed by atoms with Gasteiger partial charge in [0.15, 0.2) is 0 Å². The van der Waals surface area contributed by atoms with Crippen molar-refractivity contribution in [1.29, 1.82) is 0 Å². The van der Waals surface area contributed by atoms with Crippen molar-refractivity contribution in [1.82, 2.24) is 4.98 Å². The molecule has 0 amide bonds. The van der Waals surface area contributed by atoms with Gasteiger partial charge in [-0.25, -0.2) is 4.79 Å². The van der Waals surface area contributed by atoms with E-state index in [4.69, 9.17) is 0 Å². The van der Waals surface area contributed by atoms with E-state index >= 15 is 0 Å². The molecule has 0 aliphatic carbocycles. The fourth-order valence-electron chi connectivity index (χ4n) is 2.33. The van der Waals surface area contributed by atoms with Crippen LogP contribution in [0.4, 0.5) is 11.4 Å². The van der Waals surface area contributed by atoms with Crippen LogP contribution in [0.5, 0.6) is 0 Å². The zero-order valence-electron chi connectivity index (χ0n) is 11.5. The number of para-hydroxylation sites is 2. The second-order valence-corrected chi connectivity index (χ2v) is 4.80. The number of benzene rings is 2. The monoisotopic (exact) mass is 278 g/mol. The summed E-state index contributed by atoms with van der Waals surface area (Å²) in [5.74, 6) is -0.951. The van der Waals surface area contributed by atoms with E-state index in [1.165, 1.54) is 0 Å². The van der Waals surface area contributed by atoms with Gasteiger partial charge < -0.3 is 10.4 Å². The van der Waals surface area contributed by atoms with Crippen molar-refractivity contribution in [2.24, 2.45) is 0 Å². The van der Waals surface area contributed by atoms with Crippen LogP contribution in [0, 0.1) is 6.92 Å². The zero-order chi connectivity index (χ0) is 14.8. The molecule has 0 spiro atoms. The van der Waals surface area contributed by atoms with Crippen LogP contribution in [0.15, 0.2) is 54.6 Å². The van der Waals surface area contributed by atoms with Crippen molar-refractivity contribution >= 4 is 28.2 Å². The lowest BCUT2D eigenvalue weighted by Gasteiger charge is -2.12. The van der Waals surface area contributed by atoms with Crippen molar-refractivity contribution in [3.63, 3.8) is 0 Å². The third-order valence-electron chi connectivity index (χ3n) is 3.27. The van der Waals surface area contributed by atoms with Gasteiger partial charge in [0.25, 0.3) is 0 Å². The van der Waals surface area contributed by atoms with Crippen LogP contribution >= 0.6 is 0 Å². The molecule has 4 heteroatoms. The van der Waals surface area contributed by atoms with Crippen LogP contribution in [0.3, 0.4) is 0 Å². The first-order valence-corrected chi connectivity index (χ1v) is 6.61. The molecule has 2 aromatic carbocycles. The van der Waals surface area contributed by atoms with E-state index in [0.717, 1.165) is 22.3 Å². The Morgan fingerprint density at radius 3 is 2.57 bits per heavy atom. The van der Waals surface area contributed by atoms with E-state index in [1.54, 1.807) is 18.2 Å². The Morgan fingerprint density at radius 2 is 1.76 bits per heavy atom. The van der Waals surface area contributed by atoms with Crippen molar-refractivity contribution in [3.05, 3.63) is 65.9 Å². The van der Waals surface area contributed by atoms with Crippen molar-refractivity contribution in [2.75, 3.05) is 5.32 Å². The number of hydrogen-bond donors (Lipinski definition) is 2. The lowest BCUT2D eigenvalue weighted by atomic mass is 10.1. The Balaban J connectivity index is 2.13. The van der Waals surface area contributed by atoms with Gasteiger partial charge in [-0.05, 0) is 31.2 Å². The lowest BCUT2D eigenvalue weighted by Crippen LogP contribution is -2.03. The third kappa shape index (κ3) is 2.56. The quantitative estimate of drug-likeness (QED) is 0.760. The van der Waals surface area contributed by atoms with E-state index in [2.05, 4.69) is 10.3 Å². The normalized spacial score (nSPS) is 10.5. The third-order valence-corrected chi connectivity index (χ3v) is 3.27. The molecule has 0 unspecified atom stereocenters. The van der Waals surface area contributed by atoms with Crippen LogP contribution < -0.4 is 5.32 Å². The highest BCUT2D eigenvalue weighted by atomic mass is 16.4. The number of fused-ring (bicyclic) bond motifs is 1. The van der Waals surface area contributed by atoms with E-state index in [9.17, 15) is 9.90 Å². The van der Waals surface area contributed by atoms with E-state index < -0.39 is 5.97 Å². The molecule has 2 N–H and O–H groups in total. The number of rotatable bonds is 3. The minimum atomic E-state index is -0.951. The second kappa shape index (κ2) is 5.25. The highest BCUT2D eigenvalue weighted by molar-refractivity contribution is 5.98. The molecule has 0 atom stereocenters. The van der Waals surface area contributed by atoms with Gasteiger partial charge in [0.05, 0.1) is 16.8 Å². The molecule has 3 rings (SSSR count). The summed E-state index contributed by atoms with van der Waals surface area (Å²) in [5, 5.41) is 13.4. The summed E-state index contributed by atoms with van der Waals surface area (Å²) in [6.07, 6.45) is 0. The number of aromatic carboxylic acids is 1. The molecule has 0 radical (unpaired) electrons. The first kappa shape index (κ1) is 13.1. The van der Waals surface area contributed by atoms with Gasteiger partial charge in [0.2, 0.25) is 0 Å². The molecule has 0 bridgehead atoms. The van der Waals surface area contributed by atoms with Crippen LogP contribution in [0.1, 0.15) is 16.1 Å². The molecular formula is C17H14N2O2. The maximum absolute atomic E-state index is 11.3. The summed E-state index contributed by atoms with van der Waals surface area (Å²) in [5.41, 5.74) is 3.43. The van der Waals surface area contributed by atoms with Crippen LogP contribution in [0.2, 0.25) is 0 Å². The highest BCUT2D eigenvalue weighted by Gasteiger charge is 2.11. The number of carboxylic acid groups (broad SMARTS) is 1. The van der Waals surface area contributed by atoms with Gasteiger partial charge >= 0.3 is 5.97 Å². The number of pyridine rings is 1. The van der Waals surface area contributed by atoms with Gasteiger partial charge in [-0.2, -0.15) is 0 Å². The van der Waals surface area contributed by atoms with Gasteiger partial charge in [-0.3, -0.25) is 4.98 Å². The Morgan fingerprint density at radius 1 is 1.05 bits per heavy atom. The highest BCUT2D eigenvalue weighted by Crippen LogP contribution is 2.27. The number of carboxylic acids is 1. The topological polar surface area (TPSA) is 62.2 Å². The predicted octanol–water partition coefficient (Wildman–Crippen LogP) is 3.99. The fourth-order valence-corrected chi connectivity index (χ4v) is 2.33. The SMILES string of the molecule is Cc1cc(Nc2ccccc2C(=O)O)c2ccccc2n1. The smallest absolute Gasteiger partial charge is 0.337 e. The first-order valence-electron chi connectivity index (χ1n) is 6.61. The minimum Gasteiger partial charge on any atom is -0.478 e. The lowest BCUT2D eigenvalue weighted by molar-refractivity contribution is 0.0698. The number of anilines is 2. The van der Waals surface area contributed by atoms with Crippen LogP contribution in [0.25, 0.3) is 10.9 Å². The molecule has 4 nitrogen and oxygen atoms in total. The van der Waals surface area contributed by atoms with Crippen molar-refractivity contribution in [3.8, 4) is 0 Å².